The zero-order chi connectivity index (χ0) is 16.5. The summed E-state index contributed by atoms with van der Waals surface area (Å²) < 4.78 is 0. The Morgan fingerprint density at radius 2 is 2.23 bits per heavy atom. The molecule has 1 aliphatic heterocycles. The van der Waals surface area contributed by atoms with Crippen molar-refractivity contribution in [2.45, 2.75) is 25.8 Å². The third-order valence-corrected chi connectivity index (χ3v) is 4.06. The monoisotopic (exact) mass is 304 g/mol. The zero-order valence-corrected chi connectivity index (χ0v) is 12.8. The number of hydrogen-bond acceptors (Lipinski definition) is 4. The van der Waals surface area contributed by atoms with Crippen LogP contribution in [0.4, 0.5) is 10.5 Å². The van der Waals surface area contributed by atoms with Gasteiger partial charge < -0.3 is 10.8 Å². The third-order valence-electron chi connectivity index (χ3n) is 4.06. The normalized spacial score (nSPS) is 24.9. The molecule has 1 aromatic carbocycles. The van der Waals surface area contributed by atoms with Crippen molar-refractivity contribution in [3.63, 3.8) is 0 Å². The molecule has 0 fully saturated rings. The largest absolute Gasteiger partial charge is 0.465 e. The van der Waals surface area contributed by atoms with E-state index in [-0.39, 0.29) is 11.9 Å². The molecule has 0 unspecified atom stereocenters. The standard InChI is InChI=1S/C15H20N4O3/c1-4-11-12(20)19(3)13(17-14(21)22)18-15(11,2)9-6-5-7-10(16)8-9/h5-8,11H,4,16H2,1-3H3,(H,17,18)(H,21,22)/t11-,15+/m0/s1. The molecule has 0 bridgehead atoms. The Kier molecular flexibility index (Phi) is 4.07. The quantitative estimate of drug-likeness (QED) is 0.721. The fraction of sp³-hybridized carbons (Fsp3) is 0.400. The maximum atomic E-state index is 12.6. The van der Waals surface area contributed by atoms with Crippen LogP contribution in [0.25, 0.3) is 0 Å². The highest BCUT2D eigenvalue weighted by Crippen LogP contribution is 2.40. The molecule has 4 N–H and O–H groups in total. The molecule has 0 saturated carbocycles. The molecule has 0 aromatic heterocycles. The number of hydrogen-bond donors (Lipinski definition) is 3. The summed E-state index contributed by atoms with van der Waals surface area (Å²) >= 11 is 0. The summed E-state index contributed by atoms with van der Waals surface area (Å²) in [6.07, 6.45) is -0.679. The van der Waals surface area contributed by atoms with Gasteiger partial charge in [-0.25, -0.2) is 9.79 Å². The van der Waals surface area contributed by atoms with E-state index in [0.717, 1.165) is 5.56 Å². The SMILES string of the molecule is CC[C@H]1C(=O)N(C)C(NC(=O)O)=N[C@]1(C)c1cccc(N)c1. The summed E-state index contributed by atoms with van der Waals surface area (Å²) in [6.45, 7) is 3.73. The van der Waals surface area contributed by atoms with Gasteiger partial charge in [-0.2, -0.15) is 0 Å². The highest BCUT2D eigenvalue weighted by Gasteiger charge is 2.45. The van der Waals surface area contributed by atoms with Crippen molar-refractivity contribution in [3.05, 3.63) is 29.8 Å². The van der Waals surface area contributed by atoms with Gasteiger partial charge in [-0.15, -0.1) is 0 Å². The first-order chi connectivity index (χ1) is 10.3. The highest BCUT2D eigenvalue weighted by molar-refractivity contribution is 6.05. The van der Waals surface area contributed by atoms with Gasteiger partial charge in [0.2, 0.25) is 11.9 Å². The lowest BCUT2D eigenvalue weighted by molar-refractivity contribution is -0.134. The predicted octanol–water partition coefficient (Wildman–Crippen LogP) is 1.61. The molecule has 7 heteroatoms. The molecule has 1 heterocycles. The second-order valence-electron chi connectivity index (χ2n) is 5.50. The average Bonchev–Trinajstić information content (AvgIpc) is 2.44. The van der Waals surface area contributed by atoms with Crippen LogP contribution in [-0.4, -0.2) is 35.0 Å². The summed E-state index contributed by atoms with van der Waals surface area (Å²) in [6, 6.07) is 7.17. The number of guanidine groups is 1. The fourth-order valence-electron chi connectivity index (χ4n) is 2.85. The Morgan fingerprint density at radius 1 is 1.55 bits per heavy atom. The van der Waals surface area contributed by atoms with E-state index in [1.807, 2.05) is 19.9 Å². The van der Waals surface area contributed by atoms with Crippen molar-refractivity contribution in [3.8, 4) is 0 Å². The Balaban J connectivity index is 2.59. The van der Waals surface area contributed by atoms with Gasteiger partial charge in [0, 0.05) is 12.7 Å². The number of carbonyl (C=O) groups excluding carboxylic acids is 1. The van der Waals surface area contributed by atoms with E-state index in [1.54, 1.807) is 18.2 Å². The number of nitrogens with two attached hydrogens (primary N) is 1. The van der Waals surface area contributed by atoms with Gasteiger partial charge in [0.05, 0.1) is 11.5 Å². The molecule has 0 spiro atoms. The van der Waals surface area contributed by atoms with E-state index in [4.69, 9.17) is 10.8 Å². The van der Waals surface area contributed by atoms with E-state index in [1.165, 1.54) is 11.9 Å². The van der Waals surface area contributed by atoms with Crippen molar-refractivity contribution in [2.75, 3.05) is 12.8 Å². The maximum Gasteiger partial charge on any atom is 0.411 e. The number of aliphatic imine (C=N–C) groups is 1. The Morgan fingerprint density at radius 3 is 2.77 bits per heavy atom. The van der Waals surface area contributed by atoms with Crippen LogP contribution in [0.2, 0.25) is 0 Å². The summed E-state index contributed by atoms with van der Waals surface area (Å²) in [5, 5.41) is 11.1. The van der Waals surface area contributed by atoms with Crippen molar-refractivity contribution < 1.29 is 14.7 Å². The van der Waals surface area contributed by atoms with Crippen LogP contribution < -0.4 is 11.1 Å². The minimum absolute atomic E-state index is 0.0205. The molecule has 2 atom stereocenters. The van der Waals surface area contributed by atoms with Crippen LogP contribution in [-0.2, 0) is 10.3 Å². The lowest BCUT2D eigenvalue weighted by Gasteiger charge is -2.41. The van der Waals surface area contributed by atoms with Crippen molar-refractivity contribution in [1.82, 2.24) is 10.2 Å². The first kappa shape index (κ1) is 15.8. The van der Waals surface area contributed by atoms with Crippen LogP contribution in [0.1, 0.15) is 25.8 Å². The molecular formula is C15H20N4O3. The molecule has 2 rings (SSSR count). The molecular weight excluding hydrogens is 284 g/mol. The molecule has 7 nitrogen and oxygen atoms in total. The number of nitrogen functional groups attached to an aromatic ring is 1. The lowest BCUT2D eigenvalue weighted by Crippen LogP contribution is -2.55. The smallest absolute Gasteiger partial charge is 0.411 e. The Labute approximate surface area is 128 Å². The second-order valence-corrected chi connectivity index (χ2v) is 5.50. The number of carboxylic acid groups (broad SMARTS) is 1. The van der Waals surface area contributed by atoms with Crippen molar-refractivity contribution in [2.24, 2.45) is 10.9 Å². The van der Waals surface area contributed by atoms with Gasteiger partial charge in [0.1, 0.15) is 0 Å². The summed E-state index contributed by atoms with van der Waals surface area (Å²) in [4.78, 5) is 29.3. The van der Waals surface area contributed by atoms with Gasteiger partial charge in [0.15, 0.2) is 0 Å². The van der Waals surface area contributed by atoms with Crippen molar-refractivity contribution in [1.29, 1.82) is 0 Å². The molecule has 0 aliphatic carbocycles. The Bertz CT molecular complexity index is 643. The van der Waals surface area contributed by atoms with Gasteiger partial charge in [-0.05, 0) is 31.0 Å². The Hall–Kier alpha value is -2.57. The van der Waals surface area contributed by atoms with Crippen LogP contribution in [0.5, 0.6) is 0 Å². The first-order valence-corrected chi connectivity index (χ1v) is 7.03. The number of amides is 2. The number of nitrogens with zero attached hydrogens (tertiary/aromatic N) is 2. The molecule has 118 valence electrons. The summed E-state index contributed by atoms with van der Waals surface area (Å²) in [7, 11) is 1.51. The fourth-order valence-corrected chi connectivity index (χ4v) is 2.85. The van der Waals surface area contributed by atoms with E-state index < -0.39 is 17.6 Å². The van der Waals surface area contributed by atoms with Crippen LogP contribution in [0.3, 0.4) is 0 Å². The van der Waals surface area contributed by atoms with E-state index in [0.29, 0.717) is 12.1 Å². The van der Waals surface area contributed by atoms with E-state index in [9.17, 15) is 9.59 Å². The zero-order valence-electron chi connectivity index (χ0n) is 12.8. The van der Waals surface area contributed by atoms with Crippen LogP contribution in [0.15, 0.2) is 29.3 Å². The third kappa shape index (κ3) is 2.61. The molecule has 0 saturated heterocycles. The lowest BCUT2D eigenvalue weighted by atomic mass is 9.76. The predicted molar refractivity (Wildman–Crippen MR) is 83.4 cm³/mol. The summed E-state index contributed by atoms with van der Waals surface area (Å²) in [5.41, 5.74) is 6.32. The van der Waals surface area contributed by atoms with Gasteiger partial charge in [-0.3, -0.25) is 15.0 Å². The number of anilines is 1. The number of rotatable bonds is 2. The molecule has 1 aliphatic rings. The molecule has 0 radical (unpaired) electrons. The maximum absolute atomic E-state index is 12.6. The number of carbonyl (C=O) groups is 2. The second kappa shape index (κ2) is 5.67. The molecule has 1 aromatic rings. The van der Waals surface area contributed by atoms with Gasteiger partial charge in [0.25, 0.3) is 0 Å². The average molecular weight is 304 g/mol. The number of nitrogens with one attached hydrogen (secondary N) is 1. The highest BCUT2D eigenvalue weighted by atomic mass is 16.4. The minimum atomic E-state index is -1.26. The summed E-state index contributed by atoms with van der Waals surface area (Å²) in [5.74, 6) is -0.544. The molecule has 2 amide bonds. The van der Waals surface area contributed by atoms with Crippen LogP contribution in [0, 0.1) is 5.92 Å². The first-order valence-electron chi connectivity index (χ1n) is 7.03. The van der Waals surface area contributed by atoms with Gasteiger partial charge in [-0.1, -0.05) is 19.1 Å². The van der Waals surface area contributed by atoms with E-state index >= 15 is 0 Å². The minimum Gasteiger partial charge on any atom is -0.465 e. The topological polar surface area (TPSA) is 108 Å². The number of benzene rings is 1. The molecule has 22 heavy (non-hydrogen) atoms. The van der Waals surface area contributed by atoms with E-state index in [2.05, 4.69) is 10.3 Å². The van der Waals surface area contributed by atoms with Crippen molar-refractivity contribution >= 4 is 23.6 Å². The van der Waals surface area contributed by atoms with Gasteiger partial charge >= 0.3 is 6.09 Å². The van der Waals surface area contributed by atoms with Crippen LogP contribution >= 0.6 is 0 Å².